The Balaban J connectivity index is 2.03. The summed E-state index contributed by atoms with van der Waals surface area (Å²) < 4.78 is 0. The van der Waals surface area contributed by atoms with Gasteiger partial charge < -0.3 is 14.9 Å². The van der Waals surface area contributed by atoms with Gasteiger partial charge in [-0.05, 0) is 18.2 Å². The van der Waals surface area contributed by atoms with E-state index in [1.807, 2.05) is 12.1 Å². The van der Waals surface area contributed by atoms with Gasteiger partial charge >= 0.3 is 5.97 Å². The summed E-state index contributed by atoms with van der Waals surface area (Å²) in [6, 6.07) is 7.62. The lowest BCUT2D eigenvalue weighted by atomic mass is 10.1. The van der Waals surface area contributed by atoms with Crippen molar-refractivity contribution in [3.05, 3.63) is 30.0 Å². The van der Waals surface area contributed by atoms with Crippen LogP contribution in [0.25, 0.3) is 11.3 Å². The number of carbonyl (C=O) groups is 1. The predicted octanol–water partition coefficient (Wildman–Crippen LogP) is 1.66. The van der Waals surface area contributed by atoms with Gasteiger partial charge in [-0.15, -0.1) is 0 Å². The Bertz CT molecular complexity index is 665. The molecule has 6 heteroatoms. The number of fused-ring (bicyclic) bond motifs is 1. The molecule has 0 spiro atoms. The van der Waals surface area contributed by atoms with E-state index in [1.54, 1.807) is 6.07 Å². The molecule has 20 heavy (non-hydrogen) atoms. The summed E-state index contributed by atoms with van der Waals surface area (Å²) in [5.74, 6) is -1.00. The fourth-order valence-corrected chi connectivity index (χ4v) is 2.43. The highest BCUT2D eigenvalue weighted by Crippen LogP contribution is 2.34. The summed E-state index contributed by atoms with van der Waals surface area (Å²) in [5, 5.41) is 15.5. The number of nitrogens with zero attached hydrogens (tertiary/aromatic N) is 3. The van der Waals surface area contributed by atoms with Crippen molar-refractivity contribution in [3.8, 4) is 11.3 Å². The molecular weight excluding hydrogens is 256 g/mol. The summed E-state index contributed by atoms with van der Waals surface area (Å²) in [4.78, 5) is 15.3. The number of aromatic amines is 1. The lowest BCUT2D eigenvalue weighted by molar-refractivity contribution is 0.0690. The van der Waals surface area contributed by atoms with Gasteiger partial charge in [0.1, 0.15) is 5.69 Å². The SMILES string of the molecule is CN1CCN(C)c2cc(-c3cc(C(=O)O)[nH]n3)ccc21. The number of likely N-dealkylation sites (N-methyl/N-ethyl adjacent to an activating group) is 2. The third-order valence-corrected chi connectivity index (χ3v) is 3.67. The quantitative estimate of drug-likeness (QED) is 0.870. The second-order valence-corrected chi connectivity index (χ2v) is 5.02. The van der Waals surface area contributed by atoms with Crippen LogP contribution < -0.4 is 9.80 Å². The third-order valence-electron chi connectivity index (χ3n) is 3.67. The number of anilines is 2. The number of nitrogens with one attached hydrogen (secondary N) is 1. The largest absolute Gasteiger partial charge is 0.477 e. The lowest BCUT2D eigenvalue weighted by Gasteiger charge is -2.34. The molecule has 0 amide bonds. The number of carboxylic acid groups (broad SMARTS) is 1. The molecule has 0 bridgehead atoms. The van der Waals surface area contributed by atoms with Crippen molar-refractivity contribution in [2.45, 2.75) is 0 Å². The Labute approximate surface area is 116 Å². The molecular formula is C14H16N4O2. The monoisotopic (exact) mass is 272 g/mol. The maximum Gasteiger partial charge on any atom is 0.353 e. The van der Waals surface area contributed by atoms with Crippen molar-refractivity contribution in [3.63, 3.8) is 0 Å². The minimum atomic E-state index is -1.00. The van der Waals surface area contributed by atoms with Crippen LogP contribution in [0.15, 0.2) is 24.3 Å². The van der Waals surface area contributed by atoms with Gasteiger partial charge in [0.05, 0.1) is 17.1 Å². The van der Waals surface area contributed by atoms with Crippen LogP contribution in [-0.2, 0) is 0 Å². The van der Waals surface area contributed by atoms with Gasteiger partial charge in [-0.1, -0.05) is 6.07 Å². The first-order valence-corrected chi connectivity index (χ1v) is 6.41. The standard InChI is InChI=1S/C14H16N4O2/c1-17-5-6-18(2)13-7-9(3-4-12(13)17)10-8-11(14(19)20)16-15-10/h3-4,7-8H,5-6H2,1-2H3,(H,15,16)(H,19,20). The van der Waals surface area contributed by atoms with E-state index in [9.17, 15) is 4.79 Å². The number of hydrogen-bond acceptors (Lipinski definition) is 4. The molecule has 1 aromatic carbocycles. The molecule has 1 aliphatic heterocycles. The molecule has 0 aliphatic carbocycles. The molecule has 0 unspecified atom stereocenters. The van der Waals surface area contributed by atoms with E-state index in [-0.39, 0.29) is 5.69 Å². The summed E-state index contributed by atoms with van der Waals surface area (Å²) in [7, 11) is 4.13. The fraction of sp³-hybridized carbons (Fsp3) is 0.286. The molecule has 104 valence electrons. The number of hydrogen-bond donors (Lipinski definition) is 2. The predicted molar refractivity (Wildman–Crippen MR) is 77.5 cm³/mol. The maximum absolute atomic E-state index is 10.9. The Hall–Kier alpha value is -2.50. The second-order valence-electron chi connectivity index (χ2n) is 5.02. The van der Waals surface area contributed by atoms with Crippen LogP contribution >= 0.6 is 0 Å². The van der Waals surface area contributed by atoms with E-state index in [0.29, 0.717) is 5.69 Å². The number of H-pyrrole nitrogens is 1. The Morgan fingerprint density at radius 3 is 2.55 bits per heavy atom. The van der Waals surface area contributed by atoms with E-state index in [2.05, 4.69) is 40.2 Å². The molecule has 0 radical (unpaired) electrons. The van der Waals surface area contributed by atoms with Crippen molar-refractivity contribution < 1.29 is 9.90 Å². The van der Waals surface area contributed by atoms with E-state index in [0.717, 1.165) is 24.3 Å². The summed E-state index contributed by atoms with van der Waals surface area (Å²) in [6.45, 7) is 1.96. The van der Waals surface area contributed by atoms with Crippen LogP contribution in [0.4, 0.5) is 11.4 Å². The number of rotatable bonds is 2. The van der Waals surface area contributed by atoms with E-state index in [4.69, 9.17) is 5.11 Å². The first-order valence-electron chi connectivity index (χ1n) is 6.41. The minimum absolute atomic E-state index is 0.100. The molecule has 2 N–H and O–H groups in total. The van der Waals surface area contributed by atoms with Crippen LogP contribution in [0.5, 0.6) is 0 Å². The number of carboxylic acids is 1. The molecule has 2 aromatic rings. The zero-order valence-corrected chi connectivity index (χ0v) is 11.4. The zero-order chi connectivity index (χ0) is 14.3. The first-order chi connectivity index (χ1) is 9.56. The molecule has 3 rings (SSSR count). The van der Waals surface area contributed by atoms with Crippen LogP contribution in [0.3, 0.4) is 0 Å². The maximum atomic E-state index is 10.9. The number of aromatic carboxylic acids is 1. The van der Waals surface area contributed by atoms with E-state index < -0.39 is 5.97 Å². The van der Waals surface area contributed by atoms with E-state index >= 15 is 0 Å². The average molecular weight is 272 g/mol. The van der Waals surface area contributed by atoms with Gasteiger partial charge in [-0.3, -0.25) is 5.10 Å². The molecule has 6 nitrogen and oxygen atoms in total. The summed E-state index contributed by atoms with van der Waals surface area (Å²) in [5.41, 5.74) is 3.97. The molecule has 0 saturated carbocycles. The van der Waals surface area contributed by atoms with Crippen molar-refractivity contribution in [1.82, 2.24) is 10.2 Å². The number of aromatic nitrogens is 2. The topological polar surface area (TPSA) is 72.5 Å². The van der Waals surface area contributed by atoms with Crippen molar-refractivity contribution in [2.75, 3.05) is 37.0 Å². The van der Waals surface area contributed by atoms with Gasteiger partial charge in [0, 0.05) is 32.7 Å². The fourth-order valence-electron chi connectivity index (χ4n) is 2.43. The van der Waals surface area contributed by atoms with Crippen LogP contribution in [0.1, 0.15) is 10.5 Å². The third kappa shape index (κ3) is 1.99. The normalized spacial score (nSPS) is 14.3. The molecule has 0 saturated heterocycles. The number of benzene rings is 1. The molecule has 1 aromatic heterocycles. The highest BCUT2D eigenvalue weighted by molar-refractivity contribution is 5.87. The average Bonchev–Trinajstić information content (AvgIpc) is 2.93. The van der Waals surface area contributed by atoms with Gasteiger partial charge in [-0.25, -0.2) is 4.79 Å². The van der Waals surface area contributed by atoms with Gasteiger partial charge in [0.2, 0.25) is 0 Å². The van der Waals surface area contributed by atoms with Crippen molar-refractivity contribution >= 4 is 17.3 Å². The van der Waals surface area contributed by atoms with Gasteiger partial charge in [0.25, 0.3) is 0 Å². The first kappa shape index (κ1) is 12.5. The van der Waals surface area contributed by atoms with Crippen molar-refractivity contribution in [1.29, 1.82) is 0 Å². The smallest absolute Gasteiger partial charge is 0.353 e. The van der Waals surface area contributed by atoms with Gasteiger partial charge in [-0.2, -0.15) is 5.10 Å². The molecule has 0 atom stereocenters. The minimum Gasteiger partial charge on any atom is -0.477 e. The van der Waals surface area contributed by atoms with Crippen LogP contribution in [-0.4, -0.2) is 48.5 Å². The summed E-state index contributed by atoms with van der Waals surface area (Å²) >= 11 is 0. The highest BCUT2D eigenvalue weighted by atomic mass is 16.4. The Morgan fingerprint density at radius 2 is 1.90 bits per heavy atom. The van der Waals surface area contributed by atoms with Gasteiger partial charge in [0.15, 0.2) is 0 Å². The Morgan fingerprint density at radius 1 is 1.20 bits per heavy atom. The molecule has 2 heterocycles. The van der Waals surface area contributed by atoms with Crippen molar-refractivity contribution in [2.24, 2.45) is 0 Å². The summed E-state index contributed by atoms with van der Waals surface area (Å²) in [6.07, 6.45) is 0. The second kappa shape index (κ2) is 4.56. The van der Waals surface area contributed by atoms with E-state index in [1.165, 1.54) is 5.69 Å². The lowest BCUT2D eigenvalue weighted by Crippen LogP contribution is -2.36. The zero-order valence-electron chi connectivity index (χ0n) is 11.4. The molecule has 0 fully saturated rings. The Kier molecular flexibility index (Phi) is 2.85. The molecule has 1 aliphatic rings. The highest BCUT2D eigenvalue weighted by Gasteiger charge is 2.19. The van der Waals surface area contributed by atoms with Crippen LogP contribution in [0.2, 0.25) is 0 Å². The van der Waals surface area contributed by atoms with Crippen LogP contribution in [0, 0.1) is 0 Å².